The molecule has 1 amide bonds. The van der Waals surface area contributed by atoms with Crippen LogP contribution >= 0.6 is 11.3 Å². The van der Waals surface area contributed by atoms with Gasteiger partial charge in [-0.05, 0) is 62.4 Å². The van der Waals surface area contributed by atoms with Gasteiger partial charge in [0.05, 0.1) is 18.3 Å². The maximum Gasteiger partial charge on any atom is 0.275 e. The summed E-state index contributed by atoms with van der Waals surface area (Å²) in [6, 6.07) is 14.1. The summed E-state index contributed by atoms with van der Waals surface area (Å²) >= 11 is 1.62. The van der Waals surface area contributed by atoms with Crippen molar-refractivity contribution in [2.24, 2.45) is 11.7 Å². The van der Waals surface area contributed by atoms with Gasteiger partial charge >= 0.3 is 0 Å². The number of hydrogen-bond acceptors (Lipinski definition) is 6. The van der Waals surface area contributed by atoms with Crippen molar-refractivity contribution in [3.8, 4) is 22.1 Å². The van der Waals surface area contributed by atoms with E-state index in [9.17, 15) is 4.79 Å². The van der Waals surface area contributed by atoms with E-state index in [1.807, 2.05) is 40.8 Å². The molecule has 0 radical (unpaired) electrons. The number of methoxy groups -OCH3 is 1. The Balaban J connectivity index is 1.62. The van der Waals surface area contributed by atoms with Crippen molar-refractivity contribution in [2.75, 3.05) is 26.7 Å². The molecule has 5 rings (SSSR count). The van der Waals surface area contributed by atoms with Crippen LogP contribution in [0.25, 0.3) is 27.3 Å². The highest BCUT2D eigenvalue weighted by Gasteiger charge is 2.28. The van der Waals surface area contributed by atoms with Crippen molar-refractivity contribution in [1.82, 2.24) is 19.7 Å². The number of aromatic nitrogens is 3. The molecule has 1 atom stereocenters. The van der Waals surface area contributed by atoms with Gasteiger partial charge in [0, 0.05) is 28.9 Å². The molecule has 2 aromatic carbocycles. The number of ether oxygens (including phenoxy) is 1. The van der Waals surface area contributed by atoms with Crippen molar-refractivity contribution in [2.45, 2.75) is 39.5 Å². The summed E-state index contributed by atoms with van der Waals surface area (Å²) in [7, 11) is 1.67. The highest BCUT2D eigenvalue weighted by Crippen LogP contribution is 2.37. The first-order chi connectivity index (χ1) is 17.4. The third-order valence-corrected chi connectivity index (χ3v) is 8.20. The number of carbonyl (C=O) groups excluding carboxylic acids is 1. The van der Waals surface area contributed by atoms with Crippen LogP contribution in [0.15, 0.2) is 42.5 Å². The number of thiazole rings is 1. The van der Waals surface area contributed by atoms with E-state index in [0.717, 1.165) is 58.0 Å². The van der Waals surface area contributed by atoms with Crippen molar-refractivity contribution in [3.63, 3.8) is 0 Å². The Morgan fingerprint density at radius 2 is 2.08 bits per heavy atom. The molecular weight excluding hydrogens is 470 g/mol. The average molecular weight is 504 g/mol. The van der Waals surface area contributed by atoms with Crippen molar-refractivity contribution in [3.05, 3.63) is 58.6 Å². The van der Waals surface area contributed by atoms with Crippen LogP contribution in [0.1, 0.15) is 53.5 Å². The van der Waals surface area contributed by atoms with Crippen LogP contribution < -0.4 is 10.5 Å². The van der Waals surface area contributed by atoms with Gasteiger partial charge in [-0.25, -0.2) is 9.67 Å². The van der Waals surface area contributed by atoms with Gasteiger partial charge in [0.15, 0.2) is 5.69 Å². The summed E-state index contributed by atoms with van der Waals surface area (Å²) in [5, 5.41) is 6.50. The summed E-state index contributed by atoms with van der Waals surface area (Å²) < 4.78 is 7.29. The second-order valence-electron chi connectivity index (χ2n) is 9.87. The van der Waals surface area contributed by atoms with Crippen LogP contribution in [0, 0.1) is 12.8 Å². The zero-order chi connectivity index (χ0) is 25.4. The largest absolute Gasteiger partial charge is 0.497 e. The van der Waals surface area contributed by atoms with E-state index in [4.69, 9.17) is 20.6 Å². The Kier molecular flexibility index (Phi) is 6.81. The lowest BCUT2D eigenvalue weighted by Crippen LogP contribution is -2.42. The minimum Gasteiger partial charge on any atom is -0.497 e. The van der Waals surface area contributed by atoms with E-state index < -0.39 is 0 Å². The molecule has 8 heteroatoms. The molecule has 1 fully saturated rings. The lowest BCUT2D eigenvalue weighted by atomic mass is 9.98. The standard InChI is InChI=1S/C28H33N5O2S/c1-17(2)26-24(20-8-5-9-21(14-20)35-4)30-28(36-26)33-23-11-10-18(3)13-22(23)25(31-33)27(34)32-12-6-7-19(15-29)16-32/h5,8-11,13-14,17,19H,6-7,12,15-16,29H2,1-4H3. The van der Waals surface area contributed by atoms with Gasteiger partial charge in [0.25, 0.3) is 5.91 Å². The summed E-state index contributed by atoms with van der Waals surface area (Å²) in [4.78, 5) is 21.8. The fraction of sp³-hybridized carbons (Fsp3) is 0.393. The monoisotopic (exact) mass is 503 g/mol. The Bertz CT molecular complexity index is 1410. The SMILES string of the molecule is COc1cccc(-c2nc(-n3nc(C(=O)N4CCCC(CN)C4)c4cc(C)ccc43)sc2C(C)C)c1. The van der Waals surface area contributed by atoms with E-state index in [-0.39, 0.29) is 11.8 Å². The Labute approximate surface area is 215 Å². The van der Waals surface area contributed by atoms with Crippen molar-refractivity contribution < 1.29 is 9.53 Å². The van der Waals surface area contributed by atoms with Gasteiger partial charge in [0.2, 0.25) is 5.13 Å². The minimum atomic E-state index is -0.0313. The van der Waals surface area contributed by atoms with Crippen LogP contribution in [-0.4, -0.2) is 52.3 Å². The highest BCUT2D eigenvalue weighted by atomic mass is 32.1. The Morgan fingerprint density at radius 1 is 1.25 bits per heavy atom. The van der Waals surface area contributed by atoms with Gasteiger partial charge in [-0.3, -0.25) is 4.79 Å². The maximum absolute atomic E-state index is 13.7. The molecule has 3 heterocycles. The molecule has 2 aromatic heterocycles. The smallest absolute Gasteiger partial charge is 0.275 e. The predicted octanol–water partition coefficient (Wildman–Crippen LogP) is 5.40. The zero-order valence-electron chi connectivity index (χ0n) is 21.3. The number of hydrogen-bond donors (Lipinski definition) is 1. The molecule has 0 bridgehead atoms. The first kappa shape index (κ1) is 24.5. The Morgan fingerprint density at radius 3 is 2.83 bits per heavy atom. The highest BCUT2D eigenvalue weighted by molar-refractivity contribution is 7.14. The average Bonchev–Trinajstić information content (AvgIpc) is 3.50. The van der Waals surface area contributed by atoms with E-state index in [2.05, 4.69) is 32.0 Å². The van der Waals surface area contributed by atoms with Crippen LogP contribution in [0.4, 0.5) is 0 Å². The topological polar surface area (TPSA) is 86.3 Å². The quantitative estimate of drug-likeness (QED) is 0.381. The maximum atomic E-state index is 13.7. The van der Waals surface area contributed by atoms with Gasteiger partial charge in [-0.2, -0.15) is 5.10 Å². The molecule has 1 aliphatic heterocycles. The zero-order valence-corrected chi connectivity index (χ0v) is 22.1. The van der Waals surface area contributed by atoms with Crippen molar-refractivity contribution in [1.29, 1.82) is 0 Å². The van der Waals surface area contributed by atoms with E-state index in [0.29, 0.717) is 24.7 Å². The summed E-state index contributed by atoms with van der Waals surface area (Å²) in [5.41, 5.74) is 10.3. The molecular formula is C28H33N5O2S. The number of fused-ring (bicyclic) bond motifs is 1. The van der Waals surface area contributed by atoms with Crippen molar-refractivity contribution >= 4 is 28.1 Å². The molecule has 36 heavy (non-hydrogen) atoms. The second kappa shape index (κ2) is 10.0. The first-order valence-corrected chi connectivity index (χ1v) is 13.4. The molecule has 2 N–H and O–H groups in total. The predicted molar refractivity (Wildman–Crippen MR) is 145 cm³/mol. The lowest BCUT2D eigenvalue weighted by molar-refractivity contribution is 0.0673. The lowest BCUT2D eigenvalue weighted by Gasteiger charge is -2.31. The number of amides is 1. The number of benzene rings is 2. The Hall–Kier alpha value is -3.23. The molecule has 0 spiro atoms. The van der Waals surface area contributed by atoms with Gasteiger partial charge in [-0.15, -0.1) is 0 Å². The fourth-order valence-electron chi connectivity index (χ4n) is 4.91. The number of nitrogens with two attached hydrogens (primary N) is 1. The first-order valence-electron chi connectivity index (χ1n) is 12.5. The molecule has 7 nitrogen and oxygen atoms in total. The van der Waals surface area contributed by atoms with Gasteiger partial charge in [-0.1, -0.05) is 48.9 Å². The third kappa shape index (κ3) is 4.51. The fourth-order valence-corrected chi connectivity index (χ4v) is 5.96. The summed E-state index contributed by atoms with van der Waals surface area (Å²) in [6.45, 7) is 8.41. The molecule has 0 aliphatic carbocycles. The number of aryl methyl sites for hydroxylation is 1. The van der Waals surface area contributed by atoms with Gasteiger partial charge in [0.1, 0.15) is 5.75 Å². The summed E-state index contributed by atoms with van der Waals surface area (Å²) in [5.74, 6) is 1.39. The number of piperidine rings is 1. The van der Waals surface area contributed by atoms with E-state index >= 15 is 0 Å². The number of nitrogens with zero attached hydrogens (tertiary/aromatic N) is 4. The van der Waals surface area contributed by atoms with Gasteiger partial charge < -0.3 is 15.4 Å². The molecule has 188 valence electrons. The van der Waals surface area contributed by atoms with Crippen LogP contribution in [0.3, 0.4) is 0 Å². The normalized spacial score (nSPS) is 16.2. The number of likely N-dealkylation sites (tertiary alicyclic amines) is 1. The number of carbonyl (C=O) groups is 1. The van der Waals surface area contributed by atoms with E-state index in [1.165, 1.54) is 4.88 Å². The molecule has 4 aromatic rings. The summed E-state index contributed by atoms with van der Waals surface area (Å²) in [6.07, 6.45) is 2.04. The molecule has 1 unspecified atom stereocenters. The third-order valence-electron chi connectivity index (χ3n) is 6.87. The molecule has 1 aliphatic rings. The second-order valence-corrected chi connectivity index (χ2v) is 10.9. The number of rotatable bonds is 6. The van der Waals surface area contributed by atoms with Crippen LogP contribution in [0.2, 0.25) is 0 Å². The van der Waals surface area contributed by atoms with Crippen LogP contribution in [-0.2, 0) is 0 Å². The molecule has 1 saturated heterocycles. The van der Waals surface area contributed by atoms with Crippen LogP contribution in [0.5, 0.6) is 5.75 Å². The minimum absolute atomic E-state index is 0.0313. The van der Waals surface area contributed by atoms with E-state index in [1.54, 1.807) is 18.4 Å². The molecule has 0 saturated carbocycles.